The van der Waals surface area contributed by atoms with E-state index in [2.05, 4.69) is 32.6 Å². The van der Waals surface area contributed by atoms with Crippen molar-refractivity contribution in [2.24, 2.45) is 0 Å². The van der Waals surface area contributed by atoms with Gasteiger partial charge < -0.3 is 9.72 Å². The lowest BCUT2D eigenvalue weighted by Crippen LogP contribution is -2.15. The highest BCUT2D eigenvalue weighted by molar-refractivity contribution is 14.1. The number of rotatable bonds is 3. The Kier molecular flexibility index (Phi) is 4.67. The van der Waals surface area contributed by atoms with Crippen molar-refractivity contribution in [3.05, 3.63) is 37.7 Å². The number of hydrogen-bond donors (Lipinski definition) is 1. The molecule has 1 heterocycles. The van der Waals surface area contributed by atoms with E-state index in [1.807, 2.05) is 18.2 Å². The van der Waals surface area contributed by atoms with E-state index in [9.17, 15) is 10.1 Å². The van der Waals surface area contributed by atoms with Crippen LogP contribution in [0.3, 0.4) is 0 Å². The molecule has 5 nitrogen and oxygen atoms in total. The van der Waals surface area contributed by atoms with Crippen LogP contribution in [0, 0.1) is 14.9 Å². The number of hydrogen-bond acceptors (Lipinski definition) is 5. The van der Waals surface area contributed by atoms with Gasteiger partial charge in [0.2, 0.25) is 0 Å². The van der Waals surface area contributed by atoms with Gasteiger partial charge in [-0.1, -0.05) is 17.8 Å². The summed E-state index contributed by atoms with van der Waals surface area (Å²) in [7, 11) is 1.55. The number of halogens is 1. The number of ether oxygens (including phenoxy) is 1. The van der Waals surface area contributed by atoms with Gasteiger partial charge in [0.05, 0.1) is 10.7 Å². The fraction of sp³-hybridized carbons (Fsp3) is 0.154. The van der Waals surface area contributed by atoms with Crippen molar-refractivity contribution < 1.29 is 4.74 Å². The maximum absolute atomic E-state index is 11.9. The summed E-state index contributed by atoms with van der Waals surface area (Å²) in [5.41, 5.74) is 0.527. The summed E-state index contributed by atoms with van der Waals surface area (Å²) < 4.78 is 6.26. The van der Waals surface area contributed by atoms with Crippen molar-refractivity contribution in [2.45, 2.75) is 5.16 Å². The number of H-pyrrole nitrogens is 1. The molecule has 0 aliphatic carbocycles. The normalized spacial score (nSPS) is 10.1. The van der Waals surface area contributed by atoms with E-state index in [-0.39, 0.29) is 5.56 Å². The number of nitriles is 1. The van der Waals surface area contributed by atoms with E-state index in [1.165, 1.54) is 11.8 Å². The Bertz CT molecular complexity index is 752. The van der Waals surface area contributed by atoms with Gasteiger partial charge in [-0.25, -0.2) is 4.98 Å². The molecule has 0 unspecified atom stereocenters. The molecular weight excluding hydrogens is 389 g/mol. The SMILES string of the molecule is COc1c(I)cccc1-c1nc(SC)[nH]c(=O)c1C#N. The third-order valence-corrected chi connectivity index (χ3v) is 4.06. The standard InChI is InChI=1S/C13H10IN3O2S/c1-19-11-7(4-3-5-9(11)14)10-8(6-15)12(18)17-13(16-10)20-2/h3-5H,1-2H3,(H,16,17,18). The zero-order valence-corrected chi connectivity index (χ0v) is 13.7. The van der Waals surface area contributed by atoms with Gasteiger partial charge in [-0.15, -0.1) is 0 Å². The first kappa shape index (κ1) is 14.9. The number of para-hydroxylation sites is 1. The molecule has 2 aromatic rings. The van der Waals surface area contributed by atoms with Crippen LogP contribution in [0.25, 0.3) is 11.3 Å². The van der Waals surface area contributed by atoms with Gasteiger partial charge in [0, 0.05) is 5.56 Å². The molecule has 0 bridgehead atoms. The average molecular weight is 399 g/mol. The van der Waals surface area contributed by atoms with Crippen LogP contribution in [0.2, 0.25) is 0 Å². The second kappa shape index (κ2) is 6.28. The number of nitrogens with one attached hydrogen (secondary N) is 1. The Morgan fingerprint density at radius 1 is 1.50 bits per heavy atom. The summed E-state index contributed by atoms with van der Waals surface area (Å²) in [5.74, 6) is 0.606. The molecule has 1 aromatic carbocycles. The van der Waals surface area contributed by atoms with Crippen molar-refractivity contribution >= 4 is 34.4 Å². The Hall–Kier alpha value is -1.53. The lowest BCUT2D eigenvalue weighted by atomic mass is 10.1. The van der Waals surface area contributed by atoms with E-state index in [1.54, 1.807) is 19.4 Å². The molecule has 0 aliphatic heterocycles. The van der Waals surface area contributed by atoms with Crippen LogP contribution in [0.1, 0.15) is 5.56 Å². The van der Waals surface area contributed by atoms with Crippen LogP contribution in [0.5, 0.6) is 5.75 Å². The van der Waals surface area contributed by atoms with Gasteiger partial charge in [0.1, 0.15) is 23.1 Å². The maximum Gasteiger partial charge on any atom is 0.270 e. The molecule has 0 saturated carbocycles. The van der Waals surface area contributed by atoms with Gasteiger partial charge in [-0.3, -0.25) is 4.79 Å². The summed E-state index contributed by atoms with van der Waals surface area (Å²) in [5, 5.41) is 9.66. The number of thioether (sulfide) groups is 1. The first-order chi connectivity index (χ1) is 9.62. The number of nitrogens with zero attached hydrogens (tertiary/aromatic N) is 2. The largest absolute Gasteiger partial charge is 0.495 e. The minimum Gasteiger partial charge on any atom is -0.495 e. The maximum atomic E-state index is 11.9. The number of aromatic amines is 1. The van der Waals surface area contributed by atoms with E-state index in [0.717, 1.165) is 3.57 Å². The highest BCUT2D eigenvalue weighted by Crippen LogP contribution is 2.34. The molecule has 7 heteroatoms. The van der Waals surface area contributed by atoms with Gasteiger partial charge in [-0.05, 0) is 41.0 Å². The third-order valence-electron chi connectivity index (χ3n) is 2.63. The first-order valence-electron chi connectivity index (χ1n) is 5.53. The predicted octanol–water partition coefficient (Wildman–Crippen LogP) is 2.64. The Morgan fingerprint density at radius 2 is 2.25 bits per heavy atom. The summed E-state index contributed by atoms with van der Waals surface area (Å²) >= 11 is 3.45. The van der Waals surface area contributed by atoms with Crippen molar-refractivity contribution in [3.8, 4) is 23.1 Å². The summed E-state index contributed by atoms with van der Waals surface area (Å²) in [6, 6.07) is 7.42. The highest BCUT2D eigenvalue weighted by atomic mass is 127. The van der Waals surface area contributed by atoms with Crippen LogP contribution in [-0.2, 0) is 0 Å². The van der Waals surface area contributed by atoms with E-state index in [0.29, 0.717) is 22.2 Å². The second-order valence-electron chi connectivity index (χ2n) is 3.73. The molecular formula is C13H10IN3O2S. The summed E-state index contributed by atoms with van der Waals surface area (Å²) in [6.07, 6.45) is 1.81. The quantitative estimate of drug-likeness (QED) is 0.488. The van der Waals surface area contributed by atoms with Crippen molar-refractivity contribution in [1.29, 1.82) is 5.26 Å². The topological polar surface area (TPSA) is 78.8 Å². The molecule has 0 amide bonds. The molecule has 0 fully saturated rings. The van der Waals surface area contributed by atoms with Crippen molar-refractivity contribution in [3.63, 3.8) is 0 Å². The third kappa shape index (κ3) is 2.66. The van der Waals surface area contributed by atoms with Crippen LogP contribution >= 0.6 is 34.4 Å². The van der Waals surface area contributed by atoms with E-state index in [4.69, 9.17) is 4.74 Å². The fourth-order valence-corrected chi connectivity index (χ4v) is 2.85. The van der Waals surface area contributed by atoms with E-state index >= 15 is 0 Å². The van der Waals surface area contributed by atoms with Gasteiger partial charge >= 0.3 is 0 Å². The van der Waals surface area contributed by atoms with Crippen LogP contribution < -0.4 is 10.3 Å². The average Bonchev–Trinajstić information content (AvgIpc) is 2.46. The fourth-order valence-electron chi connectivity index (χ4n) is 1.75. The second-order valence-corrected chi connectivity index (χ2v) is 5.69. The molecule has 1 aromatic heterocycles. The highest BCUT2D eigenvalue weighted by Gasteiger charge is 2.18. The van der Waals surface area contributed by atoms with Crippen LogP contribution in [0.4, 0.5) is 0 Å². The molecule has 0 saturated heterocycles. The zero-order valence-electron chi connectivity index (χ0n) is 10.7. The van der Waals surface area contributed by atoms with Crippen LogP contribution in [0.15, 0.2) is 28.2 Å². The predicted molar refractivity (Wildman–Crippen MR) is 86.1 cm³/mol. The molecule has 1 N–H and O–H groups in total. The zero-order chi connectivity index (χ0) is 14.7. The van der Waals surface area contributed by atoms with Gasteiger partial charge in [0.25, 0.3) is 5.56 Å². The number of methoxy groups -OCH3 is 1. The number of benzene rings is 1. The van der Waals surface area contributed by atoms with Gasteiger partial charge in [0.15, 0.2) is 5.16 Å². The number of aromatic nitrogens is 2. The minimum atomic E-state index is -0.442. The van der Waals surface area contributed by atoms with E-state index < -0.39 is 5.56 Å². The minimum absolute atomic E-state index is 0.0110. The smallest absolute Gasteiger partial charge is 0.270 e. The molecule has 0 spiro atoms. The molecule has 0 radical (unpaired) electrons. The molecule has 0 atom stereocenters. The van der Waals surface area contributed by atoms with Crippen molar-refractivity contribution in [2.75, 3.05) is 13.4 Å². The summed E-state index contributed by atoms with van der Waals surface area (Å²) in [4.78, 5) is 18.8. The van der Waals surface area contributed by atoms with Gasteiger partial charge in [-0.2, -0.15) is 5.26 Å². The Morgan fingerprint density at radius 3 is 2.85 bits per heavy atom. The summed E-state index contributed by atoms with van der Waals surface area (Å²) in [6.45, 7) is 0. The molecule has 20 heavy (non-hydrogen) atoms. The lowest BCUT2D eigenvalue weighted by Gasteiger charge is -2.11. The monoisotopic (exact) mass is 399 g/mol. The Balaban J connectivity index is 2.82. The first-order valence-corrected chi connectivity index (χ1v) is 7.84. The molecule has 0 aliphatic rings. The molecule has 102 valence electrons. The lowest BCUT2D eigenvalue weighted by molar-refractivity contribution is 0.413. The Labute approximate surface area is 133 Å². The van der Waals surface area contributed by atoms with Crippen molar-refractivity contribution in [1.82, 2.24) is 9.97 Å². The van der Waals surface area contributed by atoms with Crippen LogP contribution in [-0.4, -0.2) is 23.3 Å². The molecule has 2 rings (SSSR count).